The number of rotatable bonds is 4. The van der Waals surface area contributed by atoms with Crippen molar-refractivity contribution >= 4 is 28.2 Å². The predicted octanol–water partition coefficient (Wildman–Crippen LogP) is 4.60. The molecular formula is C17H14FN3O2S. The van der Waals surface area contributed by atoms with Crippen molar-refractivity contribution in [3.05, 3.63) is 59.7 Å². The zero-order valence-corrected chi connectivity index (χ0v) is 13.6. The van der Waals surface area contributed by atoms with E-state index in [9.17, 15) is 9.18 Å². The molecule has 3 rings (SSSR count). The Kier molecular flexibility index (Phi) is 4.72. The van der Waals surface area contributed by atoms with Crippen LogP contribution in [0.3, 0.4) is 0 Å². The SMILES string of the molecule is COc1cccc(NC(=O)Nc2nc(-c3ccc(F)cc3)cs2)c1. The van der Waals surface area contributed by atoms with Crippen molar-refractivity contribution in [3.63, 3.8) is 0 Å². The van der Waals surface area contributed by atoms with Gasteiger partial charge in [0.25, 0.3) is 0 Å². The molecule has 24 heavy (non-hydrogen) atoms. The Bertz CT molecular complexity index is 849. The molecule has 3 aromatic rings. The number of aromatic nitrogens is 1. The Morgan fingerprint density at radius 1 is 1.17 bits per heavy atom. The molecule has 0 aliphatic heterocycles. The maximum absolute atomic E-state index is 12.9. The van der Waals surface area contributed by atoms with E-state index in [4.69, 9.17) is 4.74 Å². The van der Waals surface area contributed by atoms with Gasteiger partial charge in [0.2, 0.25) is 0 Å². The number of carbonyl (C=O) groups excluding carboxylic acids is 1. The average molecular weight is 343 g/mol. The maximum Gasteiger partial charge on any atom is 0.325 e. The van der Waals surface area contributed by atoms with Gasteiger partial charge in [-0.3, -0.25) is 5.32 Å². The minimum absolute atomic E-state index is 0.301. The Morgan fingerprint density at radius 3 is 2.71 bits per heavy atom. The number of hydrogen-bond donors (Lipinski definition) is 2. The third-order valence-corrected chi connectivity index (χ3v) is 3.95. The highest BCUT2D eigenvalue weighted by Crippen LogP contribution is 2.25. The summed E-state index contributed by atoms with van der Waals surface area (Å²) >= 11 is 1.29. The highest BCUT2D eigenvalue weighted by Gasteiger charge is 2.08. The summed E-state index contributed by atoms with van der Waals surface area (Å²) in [5, 5.41) is 7.63. The summed E-state index contributed by atoms with van der Waals surface area (Å²) in [5.74, 6) is 0.352. The average Bonchev–Trinajstić information content (AvgIpc) is 3.04. The van der Waals surface area contributed by atoms with Crippen LogP contribution in [0.1, 0.15) is 0 Å². The van der Waals surface area contributed by atoms with Gasteiger partial charge in [-0.1, -0.05) is 6.07 Å². The first kappa shape index (κ1) is 15.9. The second kappa shape index (κ2) is 7.10. The molecule has 0 aliphatic rings. The lowest BCUT2D eigenvalue weighted by Crippen LogP contribution is -2.19. The first-order valence-corrected chi connectivity index (χ1v) is 7.95. The molecule has 0 unspecified atom stereocenters. The molecule has 0 bridgehead atoms. The minimum atomic E-state index is -0.400. The van der Waals surface area contributed by atoms with Gasteiger partial charge in [-0.05, 0) is 36.4 Å². The number of nitrogens with zero attached hydrogens (tertiary/aromatic N) is 1. The molecule has 0 fully saturated rings. The molecule has 0 atom stereocenters. The third kappa shape index (κ3) is 3.88. The van der Waals surface area contributed by atoms with Gasteiger partial charge >= 0.3 is 6.03 Å². The van der Waals surface area contributed by atoms with Crippen LogP contribution in [0.5, 0.6) is 5.75 Å². The predicted molar refractivity (Wildman–Crippen MR) is 93.1 cm³/mol. The minimum Gasteiger partial charge on any atom is -0.497 e. The molecule has 0 saturated carbocycles. The molecule has 7 heteroatoms. The number of benzene rings is 2. The fraction of sp³-hybridized carbons (Fsp3) is 0.0588. The van der Waals surface area contributed by atoms with E-state index >= 15 is 0 Å². The van der Waals surface area contributed by atoms with Gasteiger partial charge in [0.1, 0.15) is 11.6 Å². The second-order valence-electron chi connectivity index (χ2n) is 4.86. The summed E-state index contributed by atoms with van der Waals surface area (Å²) in [6, 6.07) is 12.7. The van der Waals surface area contributed by atoms with Gasteiger partial charge in [-0.2, -0.15) is 0 Å². The summed E-state index contributed by atoms with van der Waals surface area (Å²) in [6.07, 6.45) is 0. The topological polar surface area (TPSA) is 63.2 Å². The van der Waals surface area contributed by atoms with Crippen molar-refractivity contribution in [2.75, 3.05) is 17.7 Å². The smallest absolute Gasteiger partial charge is 0.325 e. The molecule has 122 valence electrons. The molecule has 2 aromatic carbocycles. The number of ether oxygens (including phenoxy) is 1. The maximum atomic E-state index is 12.9. The van der Waals surface area contributed by atoms with Crippen molar-refractivity contribution in [2.45, 2.75) is 0 Å². The first-order valence-electron chi connectivity index (χ1n) is 7.07. The van der Waals surface area contributed by atoms with Crippen LogP contribution in [-0.4, -0.2) is 18.1 Å². The van der Waals surface area contributed by atoms with Crippen molar-refractivity contribution < 1.29 is 13.9 Å². The van der Waals surface area contributed by atoms with Crippen molar-refractivity contribution in [3.8, 4) is 17.0 Å². The van der Waals surface area contributed by atoms with E-state index in [0.29, 0.717) is 22.3 Å². The quantitative estimate of drug-likeness (QED) is 0.727. The van der Waals surface area contributed by atoms with Crippen LogP contribution < -0.4 is 15.4 Å². The molecule has 0 saturated heterocycles. The van der Waals surface area contributed by atoms with E-state index in [-0.39, 0.29) is 5.82 Å². The highest BCUT2D eigenvalue weighted by atomic mass is 32.1. The number of amides is 2. The van der Waals surface area contributed by atoms with Crippen LogP contribution in [-0.2, 0) is 0 Å². The zero-order valence-electron chi connectivity index (χ0n) is 12.7. The van der Waals surface area contributed by atoms with Gasteiger partial charge in [0.05, 0.1) is 12.8 Å². The number of nitrogens with one attached hydrogen (secondary N) is 2. The third-order valence-electron chi connectivity index (χ3n) is 3.19. The van der Waals surface area contributed by atoms with E-state index < -0.39 is 6.03 Å². The Hall–Kier alpha value is -2.93. The van der Waals surface area contributed by atoms with Gasteiger partial charge in [0, 0.05) is 22.7 Å². The molecule has 2 N–H and O–H groups in total. The summed E-state index contributed by atoms with van der Waals surface area (Å²) in [6.45, 7) is 0. The van der Waals surface area contributed by atoms with E-state index in [0.717, 1.165) is 5.56 Å². The summed E-state index contributed by atoms with van der Waals surface area (Å²) in [4.78, 5) is 16.4. The number of methoxy groups -OCH3 is 1. The van der Waals surface area contributed by atoms with E-state index in [2.05, 4.69) is 15.6 Å². The molecule has 1 heterocycles. The molecule has 2 amide bonds. The van der Waals surface area contributed by atoms with Crippen molar-refractivity contribution in [1.29, 1.82) is 0 Å². The fourth-order valence-electron chi connectivity index (χ4n) is 2.04. The lowest BCUT2D eigenvalue weighted by atomic mass is 10.2. The summed E-state index contributed by atoms with van der Waals surface area (Å²) in [7, 11) is 1.56. The normalized spacial score (nSPS) is 10.2. The van der Waals surface area contributed by atoms with Crippen LogP contribution in [0.15, 0.2) is 53.9 Å². The Balaban J connectivity index is 1.65. The lowest BCUT2D eigenvalue weighted by molar-refractivity contribution is 0.262. The van der Waals surface area contributed by atoms with Gasteiger partial charge in [-0.25, -0.2) is 14.2 Å². The van der Waals surface area contributed by atoms with E-state index in [1.807, 2.05) is 0 Å². The molecule has 0 spiro atoms. The zero-order chi connectivity index (χ0) is 16.9. The number of carbonyl (C=O) groups is 1. The van der Waals surface area contributed by atoms with Gasteiger partial charge in [0.15, 0.2) is 5.13 Å². The van der Waals surface area contributed by atoms with Crippen molar-refractivity contribution in [2.24, 2.45) is 0 Å². The van der Waals surface area contributed by atoms with Crippen LogP contribution in [0.2, 0.25) is 0 Å². The van der Waals surface area contributed by atoms with Crippen LogP contribution >= 0.6 is 11.3 Å². The summed E-state index contributed by atoms with van der Waals surface area (Å²) in [5.41, 5.74) is 2.08. The lowest BCUT2D eigenvalue weighted by Gasteiger charge is -2.06. The standard InChI is InChI=1S/C17H14FN3O2S/c1-23-14-4-2-3-13(9-14)19-16(22)21-17-20-15(10-24-17)11-5-7-12(18)8-6-11/h2-10H,1H3,(H2,19,20,21,22). The van der Waals surface area contributed by atoms with Gasteiger partial charge in [-0.15, -0.1) is 11.3 Å². The van der Waals surface area contributed by atoms with Crippen LogP contribution in [0.4, 0.5) is 20.0 Å². The first-order chi connectivity index (χ1) is 11.6. The van der Waals surface area contributed by atoms with E-state index in [1.54, 1.807) is 48.9 Å². The van der Waals surface area contributed by atoms with Crippen molar-refractivity contribution in [1.82, 2.24) is 4.98 Å². The number of halogens is 1. The number of urea groups is 1. The fourth-order valence-corrected chi connectivity index (χ4v) is 2.76. The monoisotopic (exact) mass is 343 g/mol. The Labute approximate surface area is 142 Å². The van der Waals surface area contributed by atoms with Gasteiger partial charge < -0.3 is 10.1 Å². The second-order valence-corrected chi connectivity index (χ2v) is 5.71. The highest BCUT2D eigenvalue weighted by molar-refractivity contribution is 7.14. The molecule has 5 nitrogen and oxygen atoms in total. The molecule has 0 aliphatic carbocycles. The van der Waals surface area contributed by atoms with Crippen LogP contribution in [0.25, 0.3) is 11.3 Å². The summed E-state index contributed by atoms with van der Waals surface area (Å²) < 4.78 is 18.1. The number of thiazole rings is 1. The molecular weight excluding hydrogens is 329 g/mol. The van der Waals surface area contributed by atoms with Crippen LogP contribution in [0, 0.1) is 5.82 Å². The molecule has 0 radical (unpaired) electrons. The Morgan fingerprint density at radius 2 is 1.96 bits per heavy atom. The largest absolute Gasteiger partial charge is 0.497 e. The molecule has 1 aromatic heterocycles. The van der Waals surface area contributed by atoms with E-state index in [1.165, 1.54) is 23.5 Å². The number of hydrogen-bond acceptors (Lipinski definition) is 4. The number of anilines is 2.